The number of anilines is 1. The van der Waals surface area contributed by atoms with Crippen LogP contribution in [0, 0.1) is 6.92 Å². The Kier molecular flexibility index (Phi) is 8.74. The van der Waals surface area contributed by atoms with Gasteiger partial charge in [0.1, 0.15) is 11.4 Å². The molecule has 39 heavy (non-hydrogen) atoms. The average molecular weight is 537 g/mol. The van der Waals surface area contributed by atoms with Crippen LogP contribution in [0.3, 0.4) is 0 Å². The Hall–Kier alpha value is -4.07. The van der Waals surface area contributed by atoms with E-state index in [1.807, 2.05) is 67.4 Å². The van der Waals surface area contributed by atoms with Gasteiger partial charge in [-0.25, -0.2) is 0 Å². The average Bonchev–Trinajstić information content (AvgIpc) is 3.30. The first-order valence-electron chi connectivity index (χ1n) is 12.8. The van der Waals surface area contributed by atoms with E-state index >= 15 is 0 Å². The van der Waals surface area contributed by atoms with Crippen LogP contribution in [0.4, 0.5) is 18.9 Å². The zero-order valence-corrected chi connectivity index (χ0v) is 22.2. The quantitative estimate of drug-likeness (QED) is 0.196. The van der Waals surface area contributed by atoms with Gasteiger partial charge in [0.15, 0.2) is 5.76 Å². The maximum absolute atomic E-state index is 13.0. The lowest BCUT2D eigenvalue weighted by Gasteiger charge is -2.19. The molecule has 3 aromatic carbocycles. The van der Waals surface area contributed by atoms with Gasteiger partial charge in [-0.3, -0.25) is 4.79 Å². The number of hydrogen-bond acceptors (Lipinski definition) is 5. The summed E-state index contributed by atoms with van der Waals surface area (Å²) in [6.45, 7) is 4.65. The van der Waals surface area contributed by atoms with Crippen LogP contribution in [0.5, 0.6) is 0 Å². The van der Waals surface area contributed by atoms with Crippen LogP contribution in [0.15, 0.2) is 77.3 Å². The fourth-order valence-electron chi connectivity index (χ4n) is 4.55. The van der Waals surface area contributed by atoms with Gasteiger partial charge in [0.25, 0.3) is 0 Å². The number of aromatic nitrogens is 1. The van der Waals surface area contributed by atoms with E-state index in [0.29, 0.717) is 37.3 Å². The highest BCUT2D eigenvalue weighted by atomic mass is 19.4. The van der Waals surface area contributed by atoms with Gasteiger partial charge in [-0.15, -0.1) is 0 Å². The number of carbonyl (C=O) groups is 1. The van der Waals surface area contributed by atoms with E-state index in [9.17, 15) is 18.0 Å². The molecule has 0 saturated heterocycles. The minimum atomic E-state index is -4.34. The molecule has 204 valence electrons. The van der Waals surface area contributed by atoms with Gasteiger partial charge in [-0.2, -0.15) is 13.2 Å². The Balaban J connectivity index is 1.42. The summed E-state index contributed by atoms with van der Waals surface area (Å²) in [5.74, 6) is 0.402. The molecule has 0 fully saturated rings. The molecule has 1 aromatic heterocycles. The van der Waals surface area contributed by atoms with E-state index in [1.54, 1.807) is 13.0 Å². The lowest BCUT2D eigenvalue weighted by atomic mass is 10.0. The lowest BCUT2D eigenvalue weighted by Crippen LogP contribution is -2.20. The molecule has 1 heterocycles. The third kappa shape index (κ3) is 7.07. The summed E-state index contributed by atoms with van der Waals surface area (Å²) in [5, 5.41) is 4.17. The summed E-state index contributed by atoms with van der Waals surface area (Å²) in [6.07, 6.45) is -2.90. The molecular weight excluding hydrogens is 505 g/mol. The van der Waals surface area contributed by atoms with E-state index in [4.69, 9.17) is 9.26 Å². The van der Waals surface area contributed by atoms with Crippen molar-refractivity contribution in [2.45, 2.75) is 39.3 Å². The number of alkyl halides is 3. The van der Waals surface area contributed by atoms with Crippen LogP contribution in [0.25, 0.3) is 22.5 Å². The van der Waals surface area contributed by atoms with Crippen molar-refractivity contribution in [1.29, 1.82) is 0 Å². The first-order valence-corrected chi connectivity index (χ1v) is 12.8. The highest BCUT2D eigenvalue weighted by molar-refractivity contribution is 5.77. The van der Waals surface area contributed by atoms with Crippen molar-refractivity contribution in [1.82, 2.24) is 5.16 Å². The topological polar surface area (TPSA) is 55.6 Å². The van der Waals surface area contributed by atoms with Gasteiger partial charge in [0.2, 0.25) is 0 Å². The highest BCUT2D eigenvalue weighted by Gasteiger charge is 2.30. The van der Waals surface area contributed by atoms with E-state index in [0.717, 1.165) is 39.7 Å². The van der Waals surface area contributed by atoms with Crippen LogP contribution in [0.2, 0.25) is 0 Å². The third-order valence-electron chi connectivity index (χ3n) is 6.51. The molecule has 0 saturated carbocycles. The van der Waals surface area contributed by atoms with E-state index < -0.39 is 11.7 Å². The van der Waals surface area contributed by atoms with Gasteiger partial charge in [-0.1, -0.05) is 71.9 Å². The summed E-state index contributed by atoms with van der Waals surface area (Å²) in [6, 6.07) is 21.2. The van der Waals surface area contributed by atoms with Gasteiger partial charge < -0.3 is 14.2 Å². The minimum absolute atomic E-state index is 0.242. The predicted molar refractivity (Wildman–Crippen MR) is 145 cm³/mol. The number of benzene rings is 3. The maximum Gasteiger partial charge on any atom is 0.416 e. The van der Waals surface area contributed by atoms with E-state index in [-0.39, 0.29) is 12.4 Å². The Bertz CT molecular complexity index is 1390. The molecule has 4 rings (SSSR count). The minimum Gasteiger partial charge on any atom is -0.466 e. The Morgan fingerprint density at radius 2 is 1.59 bits per heavy atom. The molecule has 0 unspecified atom stereocenters. The maximum atomic E-state index is 13.0. The Morgan fingerprint density at radius 1 is 0.949 bits per heavy atom. The van der Waals surface area contributed by atoms with Crippen LogP contribution >= 0.6 is 0 Å². The van der Waals surface area contributed by atoms with Crippen molar-refractivity contribution in [3.05, 3.63) is 95.2 Å². The number of nitrogens with zero attached hydrogens (tertiary/aromatic N) is 2. The molecule has 0 N–H and O–H groups in total. The molecule has 0 bridgehead atoms. The second kappa shape index (κ2) is 12.2. The van der Waals surface area contributed by atoms with E-state index in [1.165, 1.54) is 12.1 Å². The number of hydrogen-bond donors (Lipinski definition) is 0. The van der Waals surface area contributed by atoms with Crippen molar-refractivity contribution in [3.8, 4) is 22.5 Å². The normalized spacial score (nSPS) is 11.4. The number of ether oxygens (including phenoxy) is 1. The van der Waals surface area contributed by atoms with Crippen LogP contribution in [-0.2, 0) is 28.5 Å². The largest absolute Gasteiger partial charge is 0.466 e. The summed E-state index contributed by atoms with van der Waals surface area (Å²) >= 11 is 0. The fourth-order valence-corrected chi connectivity index (χ4v) is 4.55. The molecule has 0 aliphatic carbocycles. The van der Waals surface area contributed by atoms with Crippen molar-refractivity contribution in [2.75, 3.05) is 25.1 Å². The molecule has 0 amide bonds. The van der Waals surface area contributed by atoms with Crippen molar-refractivity contribution in [3.63, 3.8) is 0 Å². The second-order valence-electron chi connectivity index (χ2n) is 9.43. The highest BCUT2D eigenvalue weighted by Crippen LogP contribution is 2.35. The van der Waals surface area contributed by atoms with Crippen molar-refractivity contribution in [2.24, 2.45) is 0 Å². The molecular formula is C31H31F3N2O3. The molecule has 4 aromatic rings. The zero-order chi connectivity index (χ0) is 28.0. The molecule has 5 nitrogen and oxygen atoms in total. The SMILES string of the molecule is CCOC(=O)Cc1ccc(-c2ccc(-c3onc(C)c3N(C)CCCc3cccc(C(F)(F)F)c3)cc2)cc1. The lowest BCUT2D eigenvalue weighted by molar-refractivity contribution is -0.142. The zero-order valence-electron chi connectivity index (χ0n) is 22.2. The number of carbonyl (C=O) groups excluding carboxylic acids is 1. The van der Waals surface area contributed by atoms with Crippen LogP contribution in [-0.4, -0.2) is 31.3 Å². The number of esters is 1. The second-order valence-corrected chi connectivity index (χ2v) is 9.43. The summed E-state index contributed by atoms with van der Waals surface area (Å²) in [7, 11) is 1.93. The fraction of sp³-hybridized carbons (Fsp3) is 0.290. The van der Waals surface area contributed by atoms with E-state index in [2.05, 4.69) is 5.16 Å². The standard InChI is InChI=1S/C31H31F3N2O3/c1-4-38-28(37)20-23-10-12-24(13-11-23)25-14-16-26(17-15-25)30-29(21(2)35-39-30)36(3)18-6-8-22-7-5-9-27(19-22)31(32,33)34/h5,7,9-17,19H,4,6,8,18,20H2,1-3H3. The van der Waals surface area contributed by atoms with Gasteiger partial charge in [0.05, 0.1) is 18.6 Å². The smallest absolute Gasteiger partial charge is 0.416 e. The van der Waals surface area contributed by atoms with Crippen LogP contribution < -0.4 is 4.90 Å². The summed E-state index contributed by atoms with van der Waals surface area (Å²) < 4.78 is 49.7. The molecule has 0 aliphatic heterocycles. The van der Waals surface area contributed by atoms with Crippen molar-refractivity contribution < 1.29 is 27.2 Å². The van der Waals surface area contributed by atoms with Gasteiger partial charge in [0, 0.05) is 19.2 Å². The number of halogens is 3. The van der Waals surface area contributed by atoms with Gasteiger partial charge >= 0.3 is 12.1 Å². The van der Waals surface area contributed by atoms with Crippen LogP contribution in [0.1, 0.15) is 35.7 Å². The number of rotatable bonds is 10. The monoisotopic (exact) mass is 536 g/mol. The first kappa shape index (κ1) is 28.0. The van der Waals surface area contributed by atoms with Crippen molar-refractivity contribution >= 4 is 11.7 Å². The first-order chi connectivity index (χ1) is 18.7. The predicted octanol–water partition coefficient (Wildman–Crippen LogP) is 7.51. The Morgan fingerprint density at radius 3 is 2.23 bits per heavy atom. The molecule has 0 radical (unpaired) electrons. The molecule has 0 aliphatic rings. The third-order valence-corrected chi connectivity index (χ3v) is 6.51. The molecule has 0 spiro atoms. The summed E-state index contributed by atoms with van der Waals surface area (Å²) in [5.41, 5.74) is 5.45. The summed E-state index contributed by atoms with van der Waals surface area (Å²) in [4.78, 5) is 13.7. The molecule has 8 heteroatoms. The van der Waals surface area contributed by atoms with Gasteiger partial charge in [-0.05, 0) is 55.0 Å². The Labute approximate surface area is 226 Å². The molecule has 0 atom stereocenters. The number of aryl methyl sites for hydroxylation is 2.